The van der Waals surface area contributed by atoms with Gasteiger partial charge in [0.15, 0.2) is 0 Å². The highest BCUT2D eigenvalue weighted by Crippen LogP contribution is 2.18. The Morgan fingerprint density at radius 3 is 2.53 bits per heavy atom. The van der Waals surface area contributed by atoms with Crippen LogP contribution in [0.4, 0.5) is 5.82 Å². The number of hydrogen-bond acceptors (Lipinski definition) is 4. The van der Waals surface area contributed by atoms with E-state index in [1.165, 1.54) is 0 Å². The summed E-state index contributed by atoms with van der Waals surface area (Å²) < 4.78 is 0.678. The monoisotopic (exact) mass is 328 g/mol. The maximum absolute atomic E-state index is 12.2. The highest BCUT2D eigenvalue weighted by atomic mass is 79.9. The van der Waals surface area contributed by atoms with Gasteiger partial charge in [0.25, 0.3) is 5.91 Å². The minimum Gasteiger partial charge on any atom is -0.372 e. The van der Waals surface area contributed by atoms with Crippen molar-refractivity contribution in [1.29, 1.82) is 0 Å². The number of anilines is 1. The van der Waals surface area contributed by atoms with E-state index in [1.807, 2.05) is 13.8 Å². The van der Waals surface area contributed by atoms with Gasteiger partial charge in [0.1, 0.15) is 11.9 Å². The van der Waals surface area contributed by atoms with E-state index in [1.54, 1.807) is 19.3 Å². The third kappa shape index (κ3) is 3.92. The summed E-state index contributed by atoms with van der Waals surface area (Å²) in [6.45, 7) is 3.63. The molecule has 1 rings (SSSR count). The molecule has 0 aliphatic rings. The van der Waals surface area contributed by atoms with Crippen LogP contribution in [0.15, 0.2) is 16.7 Å². The zero-order chi connectivity index (χ0) is 14.6. The van der Waals surface area contributed by atoms with Crippen LogP contribution in [0.2, 0.25) is 0 Å². The number of carbonyl (C=O) groups excluding carboxylic acids is 2. The fraction of sp³-hybridized carbons (Fsp3) is 0.417. The van der Waals surface area contributed by atoms with Gasteiger partial charge in [-0.15, -0.1) is 0 Å². The first kappa shape index (κ1) is 15.4. The smallest absolute Gasteiger partial charge is 0.255 e. The summed E-state index contributed by atoms with van der Waals surface area (Å²) in [5, 5.41) is 5.45. The third-order valence-corrected chi connectivity index (χ3v) is 3.03. The summed E-state index contributed by atoms with van der Waals surface area (Å²) in [5.41, 5.74) is 5.62. The zero-order valence-electron chi connectivity index (χ0n) is 11.0. The van der Waals surface area contributed by atoms with Crippen LogP contribution in [-0.4, -0.2) is 29.9 Å². The first-order chi connectivity index (χ1) is 8.86. The summed E-state index contributed by atoms with van der Waals surface area (Å²) >= 11 is 3.26. The Hall–Kier alpha value is -1.63. The standard InChI is InChI=1S/C12H17BrN4O2/c1-6(2)9(10(14)18)17-12(19)8-4-7(13)5-16-11(8)15-3/h4-6,9H,1-3H3,(H2,14,18)(H,15,16)(H,17,19). The molecular weight excluding hydrogens is 312 g/mol. The summed E-state index contributed by atoms with van der Waals surface area (Å²) in [6.07, 6.45) is 1.58. The van der Waals surface area contributed by atoms with Crippen LogP contribution in [0.25, 0.3) is 0 Å². The average Bonchev–Trinajstić information content (AvgIpc) is 2.34. The molecule has 0 aliphatic heterocycles. The van der Waals surface area contributed by atoms with Crippen LogP contribution in [0.3, 0.4) is 0 Å². The lowest BCUT2D eigenvalue weighted by molar-refractivity contribution is -0.120. The number of rotatable bonds is 5. The van der Waals surface area contributed by atoms with Crippen molar-refractivity contribution in [1.82, 2.24) is 10.3 Å². The summed E-state index contributed by atoms with van der Waals surface area (Å²) in [7, 11) is 1.67. The molecule has 1 heterocycles. The second-order valence-corrected chi connectivity index (χ2v) is 5.31. The number of nitrogens with zero attached hydrogens (tertiary/aromatic N) is 1. The molecule has 19 heavy (non-hydrogen) atoms. The molecule has 0 aliphatic carbocycles. The van der Waals surface area contributed by atoms with Crippen LogP contribution in [-0.2, 0) is 4.79 Å². The number of pyridine rings is 1. The van der Waals surface area contributed by atoms with Gasteiger partial charge in [-0.05, 0) is 27.9 Å². The quantitative estimate of drug-likeness (QED) is 0.754. The number of carbonyl (C=O) groups is 2. The van der Waals surface area contributed by atoms with Crippen molar-refractivity contribution < 1.29 is 9.59 Å². The number of hydrogen-bond donors (Lipinski definition) is 3. The van der Waals surface area contributed by atoms with Crippen molar-refractivity contribution in [2.45, 2.75) is 19.9 Å². The maximum Gasteiger partial charge on any atom is 0.255 e. The Morgan fingerprint density at radius 2 is 2.05 bits per heavy atom. The van der Waals surface area contributed by atoms with Gasteiger partial charge in [0.05, 0.1) is 5.56 Å². The van der Waals surface area contributed by atoms with Gasteiger partial charge in [-0.1, -0.05) is 13.8 Å². The van der Waals surface area contributed by atoms with E-state index in [-0.39, 0.29) is 5.92 Å². The van der Waals surface area contributed by atoms with Gasteiger partial charge in [-0.2, -0.15) is 0 Å². The second-order valence-electron chi connectivity index (χ2n) is 4.40. The van der Waals surface area contributed by atoms with E-state index in [0.717, 1.165) is 0 Å². The molecule has 104 valence electrons. The molecular formula is C12H17BrN4O2. The molecule has 1 atom stereocenters. The largest absolute Gasteiger partial charge is 0.372 e. The third-order valence-electron chi connectivity index (χ3n) is 2.60. The molecule has 0 radical (unpaired) electrons. The Kier molecular flexibility index (Phi) is 5.29. The summed E-state index contributed by atoms with van der Waals surface area (Å²) in [5.74, 6) is -0.597. The average molecular weight is 329 g/mol. The fourth-order valence-corrected chi connectivity index (χ4v) is 1.93. The fourth-order valence-electron chi connectivity index (χ4n) is 1.60. The van der Waals surface area contributed by atoms with Crippen molar-refractivity contribution in [2.24, 2.45) is 11.7 Å². The van der Waals surface area contributed by atoms with E-state index in [9.17, 15) is 9.59 Å². The van der Waals surface area contributed by atoms with Gasteiger partial charge >= 0.3 is 0 Å². The van der Waals surface area contributed by atoms with Gasteiger partial charge in [0.2, 0.25) is 5.91 Å². The molecule has 1 aromatic heterocycles. The SMILES string of the molecule is CNc1ncc(Br)cc1C(=O)NC(C(N)=O)C(C)C. The van der Waals surface area contributed by atoms with Gasteiger partial charge in [-0.3, -0.25) is 9.59 Å². The van der Waals surface area contributed by atoms with E-state index < -0.39 is 17.9 Å². The number of halogens is 1. The van der Waals surface area contributed by atoms with Crippen molar-refractivity contribution >= 4 is 33.6 Å². The number of nitrogens with one attached hydrogen (secondary N) is 2. The molecule has 0 saturated carbocycles. The van der Waals surface area contributed by atoms with Crippen LogP contribution in [0.5, 0.6) is 0 Å². The molecule has 6 nitrogen and oxygen atoms in total. The topological polar surface area (TPSA) is 97.1 Å². The number of nitrogens with two attached hydrogens (primary N) is 1. The minimum atomic E-state index is -0.712. The van der Waals surface area contributed by atoms with Crippen molar-refractivity contribution in [2.75, 3.05) is 12.4 Å². The van der Waals surface area contributed by atoms with Gasteiger partial charge < -0.3 is 16.4 Å². The summed E-state index contributed by atoms with van der Waals surface area (Å²) in [6, 6.07) is 0.920. The van der Waals surface area contributed by atoms with E-state index in [2.05, 4.69) is 31.5 Å². The Morgan fingerprint density at radius 1 is 1.42 bits per heavy atom. The first-order valence-corrected chi connectivity index (χ1v) is 6.59. The van der Waals surface area contributed by atoms with Crippen LogP contribution in [0, 0.1) is 5.92 Å². The van der Waals surface area contributed by atoms with Crippen LogP contribution >= 0.6 is 15.9 Å². The zero-order valence-corrected chi connectivity index (χ0v) is 12.6. The molecule has 7 heteroatoms. The van der Waals surface area contributed by atoms with Gasteiger partial charge in [-0.25, -0.2) is 4.98 Å². The molecule has 0 saturated heterocycles. The highest BCUT2D eigenvalue weighted by molar-refractivity contribution is 9.10. The molecule has 0 spiro atoms. The molecule has 1 unspecified atom stereocenters. The van der Waals surface area contributed by atoms with E-state index in [4.69, 9.17) is 5.73 Å². The van der Waals surface area contributed by atoms with E-state index >= 15 is 0 Å². The minimum absolute atomic E-state index is 0.0837. The number of amides is 2. The maximum atomic E-state index is 12.2. The van der Waals surface area contributed by atoms with E-state index in [0.29, 0.717) is 15.9 Å². The number of aromatic nitrogens is 1. The predicted octanol–water partition coefficient (Wildman–Crippen LogP) is 1.13. The van der Waals surface area contributed by atoms with Crippen LogP contribution in [0.1, 0.15) is 24.2 Å². The van der Waals surface area contributed by atoms with Crippen LogP contribution < -0.4 is 16.4 Å². The summed E-state index contributed by atoms with van der Waals surface area (Å²) in [4.78, 5) is 27.6. The lowest BCUT2D eigenvalue weighted by atomic mass is 10.0. The Labute approximate surface area is 120 Å². The van der Waals surface area contributed by atoms with Gasteiger partial charge in [0, 0.05) is 17.7 Å². The molecule has 0 aromatic carbocycles. The van der Waals surface area contributed by atoms with Crippen molar-refractivity contribution in [3.63, 3.8) is 0 Å². The lowest BCUT2D eigenvalue weighted by Gasteiger charge is -2.19. The second kappa shape index (κ2) is 6.51. The van der Waals surface area contributed by atoms with Crippen molar-refractivity contribution in [3.05, 3.63) is 22.3 Å². The Balaban J connectivity index is 3.00. The lowest BCUT2D eigenvalue weighted by Crippen LogP contribution is -2.47. The molecule has 0 fully saturated rings. The normalized spacial score (nSPS) is 12.1. The predicted molar refractivity (Wildman–Crippen MR) is 76.8 cm³/mol. The molecule has 1 aromatic rings. The molecule has 0 bridgehead atoms. The Bertz CT molecular complexity index is 491. The number of primary amides is 1. The molecule has 4 N–H and O–H groups in total. The first-order valence-electron chi connectivity index (χ1n) is 5.80. The van der Waals surface area contributed by atoms with Crippen molar-refractivity contribution in [3.8, 4) is 0 Å². The molecule has 2 amide bonds. The highest BCUT2D eigenvalue weighted by Gasteiger charge is 2.23.